The van der Waals surface area contributed by atoms with Gasteiger partial charge in [-0.15, -0.1) is 11.3 Å². The van der Waals surface area contributed by atoms with Gasteiger partial charge in [0.1, 0.15) is 28.8 Å². The van der Waals surface area contributed by atoms with Gasteiger partial charge in [-0.2, -0.15) is 5.26 Å². The fourth-order valence-corrected chi connectivity index (χ4v) is 7.20. The van der Waals surface area contributed by atoms with Crippen LogP contribution in [0.4, 0.5) is 0 Å². The molecule has 2 saturated heterocycles. The number of aromatic nitrogens is 2. The summed E-state index contributed by atoms with van der Waals surface area (Å²) in [5.41, 5.74) is 3.30. The van der Waals surface area contributed by atoms with Crippen LogP contribution in [-0.2, 0) is 28.4 Å². The molecular formula is C40H59N3O7S2. The summed E-state index contributed by atoms with van der Waals surface area (Å²) in [5, 5.41) is 9.10. The second kappa shape index (κ2) is 16.9. The third-order valence-electron chi connectivity index (χ3n) is 8.19. The van der Waals surface area contributed by atoms with Gasteiger partial charge in [-0.1, -0.05) is 18.3 Å². The van der Waals surface area contributed by atoms with Crippen molar-refractivity contribution < 1.29 is 33.2 Å². The first-order chi connectivity index (χ1) is 24.1. The molecule has 0 saturated carbocycles. The Hall–Kier alpha value is -2.47. The monoisotopic (exact) mass is 757 g/mol. The zero-order valence-electron chi connectivity index (χ0n) is 33.3. The van der Waals surface area contributed by atoms with Crippen molar-refractivity contribution in [2.24, 2.45) is 0 Å². The topological polar surface area (TPSA) is 106 Å². The lowest BCUT2D eigenvalue weighted by Gasteiger charge is -2.29. The Kier molecular flexibility index (Phi) is 13.7. The van der Waals surface area contributed by atoms with Crippen LogP contribution in [0.25, 0.3) is 10.2 Å². The molecule has 0 spiro atoms. The third-order valence-corrected chi connectivity index (χ3v) is 9.58. The van der Waals surface area contributed by atoms with E-state index in [-0.39, 0.29) is 59.2 Å². The highest BCUT2D eigenvalue weighted by atomic mass is 32.1. The number of nitrogens with zero attached hydrogens (tertiary/aromatic N) is 3. The van der Waals surface area contributed by atoms with Gasteiger partial charge in [0.2, 0.25) is 0 Å². The molecule has 2 aliphatic heterocycles. The lowest BCUT2D eigenvalue weighted by atomic mass is 10.0. The number of thiazole rings is 1. The van der Waals surface area contributed by atoms with Gasteiger partial charge in [0.25, 0.3) is 0 Å². The van der Waals surface area contributed by atoms with Crippen molar-refractivity contribution in [3.05, 3.63) is 51.7 Å². The van der Waals surface area contributed by atoms with E-state index in [1.54, 1.807) is 30.6 Å². The van der Waals surface area contributed by atoms with Crippen molar-refractivity contribution in [3.63, 3.8) is 0 Å². The van der Waals surface area contributed by atoms with E-state index in [1.165, 1.54) is 0 Å². The van der Waals surface area contributed by atoms with Gasteiger partial charge in [-0.05, 0) is 101 Å². The van der Waals surface area contributed by atoms with E-state index in [1.807, 2.05) is 90.7 Å². The molecule has 2 aliphatic rings. The average Bonchev–Trinajstić information content (AvgIpc) is 3.76. The molecule has 2 fully saturated rings. The molecule has 0 bridgehead atoms. The Morgan fingerprint density at radius 2 is 1.42 bits per heavy atom. The van der Waals surface area contributed by atoms with E-state index in [0.29, 0.717) is 24.5 Å². The number of methoxy groups -OCH3 is 1. The molecule has 6 atom stereocenters. The van der Waals surface area contributed by atoms with Crippen LogP contribution in [0.1, 0.15) is 119 Å². The highest BCUT2D eigenvalue weighted by molar-refractivity contribution is 7.71. The standard InChI is InChI=1S/C21H31NO4.C19H28N2O3S2/c1-20(2,3)24-13-19-18(26-21(4,5)6)11-17(25-19)15-9-8-14(12-22)10-16(15)23-7;1-18(2,3)22-10-14-13(24-19(4,5)6)9-15(23-14)21-8-7-12-16(17(21)25)26-11-20-12/h8-10,17-19H,11,13H2,1-7H3;7-8,11,13-15H,9-10H2,1-6H3/t17-,18?,19-;13?,14-,15-/m11/s1. The second-order valence-corrected chi connectivity index (χ2v) is 18.6. The fourth-order valence-electron chi connectivity index (χ4n) is 6.05. The number of benzene rings is 1. The predicted octanol–water partition coefficient (Wildman–Crippen LogP) is 9.51. The number of rotatable bonds is 9. The van der Waals surface area contributed by atoms with E-state index in [4.69, 9.17) is 50.6 Å². The maximum absolute atomic E-state index is 9.10. The molecule has 0 aliphatic carbocycles. The Labute approximate surface area is 319 Å². The number of hydrogen-bond donors (Lipinski definition) is 0. The SMILES string of the molecule is CC(C)(C)OC[C@H]1O[C@@H](n2ccc3ncsc3c2=S)CC1OC(C)(C)C.COc1cc(C#N)ccc1[C@H]1CC(OC(C)(C)C)[C@@H](COC(C)(C)C)O1. The van der Waals surface area contributed by atoms with Crippen LogP contribution in [0, 0.1) is 16.0 Å². The van der Waals surface area contributed by atoms with Crippen LogP contribution in [0.2, 0.25) is 0 Å². The summed E-state index contributed by atoms with van der Waals surface area (Å²) in [7, 11) is 1.61. The highest BCUT2D eigenvalue weighted by Gasteiger charge is 2.41. The molecule has 2 unspecified atom stereocenters. The van der Waals surface area contributed by atoms with Gasteiger partial charge in [0.05, 0.1) is 88.4 Å². The minimum Gasteiger partial charge on any atom is -0.496 e. The van der Waals surface area contributed by atoms with Crippen molar-refractivity contribution in [1.82, 2.24) is 9.55 Å². The fraction of sp³-hybridized carbons (Fsp3) is 0.675. The Bertz CT molecular complexity index is 1720. The quantitative estimate of drug-likeness (QED) is 0.196. The number of ether oxygens (including phenoxy) is 7. The summed E-state index contributed by atoms with van der Waals surface area (Å²) in [6.45, 7) is 25.5. The minimum absolute atomic E-state index is 0.0404. The van der Waals surface area contributed by atoms with E-state index in [0.717, 1.165) is 33.3 Å². The minimum atomic E-state index is -0.266. The lowest BCUT2D eigenvalue weighted by molar-refractivity contribution is -0.132. The maximum atomic E-state index is 9.10. The Morgan fingerprint density at radius 1 is 0.846 bits per heavy atom. The summed E-state index contributed by atoms with van der Waals surface area (Å²) in [6.07, 6.45) is 2.73. The van der Waals surface area contributed by atoms with Gasteiger partial charge in [0.15, 0.2) is 0 Å². The second-order valence-electron chi connectivity index (χ2n) is 17.3. The molecule has 2 aromatic heterocycles. The van der Waals surface area contributed by atoms with Crippen molar-refractivity contribution in [3.8, 4) is 11.8 Å². The van der Waals surface area contributed by atoms with E-state index < -0.39 is 0 Å². The number of nitriles is 1. The molecule has 5 rings (SSSR count). The van der Waals surface area contributed by atoms with E-state index in [9.17, 15) is 0 Å². The zero-order valence-corrected chi connectivity index (χ0v) is 34.9. The third kappa shape index (κ3) is 12.3. The first-order valence-electron chi connectivity index (χ1n) is 18.0. The van der Waals surface area contributed by atoms with Crippen LogP contribution < -0.4 is 4.74 Å². The smallest absolute Gasteiger partial charge is 0.137 e. The number of fused-ring (bicyclic) bond motifs is 1. The molecular weight excluding hydrogens is 699 g/mol. The first-order valence-corrected chi connectivity index (χ1v) is 19.3. The molecule has 3 aromatic rings. The highest BCUT2D eigenvalue weighted by Crippen LogP contribution is 2.41. The van der Waals surface area contributed by atoms with Crippen molar-refractivity contribution in [2.45, 2.75) is 155 Å². The van der Waals surface area contributed by atoms with Crippen molar-refractivity contribution in [1.29, 1.82) is 5.26 Å². The molecule has 0 N–H and O–H groups in total. The molecule has 0 radical (unpaired) electrons. The normalized spacial score (nSPS) is 24.1. The average molecular weight is 758 g/mol. The van der Waals surface area contributed by atoms with Crippen molar-refractivity contribution in [2.75, 3.05) is 20.3 Å². The molecule has 1 aromatic carbocycles. The van der Waals surface area contributed by atoms with Gasteiger partial charge in [0, 0.05) is 24.6 Å². The molecule has 4 heterocycles. The number of hydrogen-bond acceptors (Lipinski definition) is 11. The Balaban J connectivity index is 0.000000233. The molecule has 12 heteroatoms. The van der Waals surface area contributed by atoms with Gasteiger partial charge in [-0.3, -0.25) is 0 Å². The summed E-state index contributed by atoms with van der Waals surface area (Å²) < 4.78 is 46.4. The van der Waals surface area contributed by atoms with Gasteiger partial charge >= 0.3 is 0 Å². The van der Waals surface area contributed by atoms with Crippen LogP contribution in [-0.4, -0.2) is 76.7 Å². The van der Waals surface area contributed by atoms with E-state index >= 15 is 0 Å². The first kappa shape index (κ1) is 42.3. The van der Waals surface area contributed by atoms with Crippen LogP contribution in [0.15, 0.2) is 36.0 Å². The summed E-state index contributed by atoms with van der Waals surface area (Å²) >= 11 is 7.24. The lowest BCUT2D eigenvalue weighted by Crippen LogP contribution is -2.37. The largest absolute Gasteiger partial charge is 0.496 e. The molecule has 52 heavy (non-hydrogen) atoms. The summed E-state index contributed by atoms with van der Waals surface area (Å²) in [5.74, 6) is 0.668. The van der Waals surface area contributed by atoms with Crippen LogP contribution in [0.5, 0.6) is 5.75 Å². The van der Waals surface area contributed by atoms with Crippen LogP contribution in [0.3, 0.4) is 0 Å². The molecule has 0 amide bonds. The van der Waals surface area contributed by atoms with Gasteiger partial charge in [-0.25, -0.2) is 4.98 Å². The predicted molar refractivity (Wildman–Crippen MR) is 208 cm³/mol. The molecule has 288 valence electrons. The zero-order chi connectivity index (χ0) is 38.6. The maximum Gasteiger partial charge on any atom is 0.137 e. The number of pyridine rings is 1. The summed E-state index contributed by atoms with van der Waals surface area (Å²) in [4.78, 5) is 4.34. The Morgan fingerprint density at radius 3 is 1.96 bits per heavy atom. The summed E-state index contributed by atoms with van der Waals surface area (Å²) in [6, 6.07) is 9.57. The van der Waals surface area contributed by atoms with E-state index in [2.05, 4.69) is 31.8 Å². The van der Waals surface area contributed by atoms with Crippen molar-refractivity contribution >= 4 is 33.8 Å². The van der Waals surface area contributed by atoms with Crippen LogP contribution >= 0.6 is 23.6 Å². The van der Waals surface area contributed by atoms with Gasteiger partial charge < -0.3 is 37.7 Å². The molecule has 10 nitrogen and oxygen atoms in total.